The molecule has 1 aromatic rings. The summed E-state index contributed by atoms with van der Waals surface area (Å²) in [6.45, 7) is 1.96. The van der Waals surface area contributed by atoms with Gasteiger partial charge >= 0.3 is 0 Å². The van der Waals surface area contributed by atoms with E-state index in [1.165, 1.54) is 4.90 Å². The first kappa shape index (κ1) is 11.4. The number of carbonyl (C=O) groups is 1. The van der Waals surface area contributed by atoms with Gasteiger partial charge in [-0.25, -0.2) is 0 Å². The number of carbonyl (C=O) groups excluding carboxylic acids is 1. The molecule has 4 heteroatoms. The molecule has 1 amide bonds. The van der Waals surface area contributed by atoms with Gasteiger partial charge in [-0.15, -0.1) is 0 Å². The second-order valence-electron chi connectivity index (χ2n) is 3.60. The molecule has 82 valence electrons. The standard InChI is InChI=1S/C11H16N2O2/c1-8-4-5-9(6-10(8)12)15-7-11(14)13(2)3/h4-6H,7,12H2,1-3H3. The molecule has 0 saturated heterocycles. The Morgan fingerprint density at radius 3 is 2.67 bits per heavy atom. The molecule has 0 saturated carbocycles. The van der Waals surface area contributed by atoms with Crippen molar-refractivity contribution in [1.82, 2.24) is 4.90 Å². The van der Waals surface area contributed by atoms with Gasteiger partial charge in [0.25, 0.3) is 5.91 Å². The van der Waals surface area contributed by atoms with E-state index in [1.807, 2.05) is 13.0 Å². The van der Waals surface area contributed by atoms with Crippen molar-refractivity contribution in [3.63, 3.8) is 0 Å². The zero-order valence-corrected chi connectivity index (χ0v) is 9.28. The SMILES string of the molecule is Cc1ccc(OCC(=O)N(C)C)cc1N. The second kappa shape index (κ2) is 4.68. The van der Waals surface area contributed by atoms with E-state index in [-0.39, 0.29) is 12.5 Å². The van der Waals surface area contributed by atoms with Crippen LogP contribution in [0.5, 0.6) is 5.75 Å². The lowest BCUT2D eigenvalue weighted by molar-refractivity contribution is -0.130. The highest BCUT2D eigenvalue weighted by Gasteiger charge is 2.05. The Morgan fingerprint density at radius 2 is 2.13 bits per heavy atom. The largest absolute Gasteiger partial charge is 0.484 e. The van der Waals surface area contributed by atoms with Crippen LogP contribution in [0.1, 0.15) is 5.56 Å². The fourth-order valence-electron chi connectivity index (χ4n) is 0.983. The van der Waals surface area contributed by atoms with Crippen molar-refractivity contribution in [2.45, 2.75) is 6.92 Å². The van der Waals surface area contributed by atoms with Gasteiger partial charge in [-0.1, -0.05) is 6.07 Å². The molecule has 0 aliphatic rings. The molecule has 15 heavy (non-hydrogen) atoms. The van der Waals surface area contributed by atoms with Gasteiger partial charge in [-0.2, -0.15) is 0 Å². The molecule has 0 spiro atoms. The summed E-state index contributed by atoms with van der Waals surface area (Å²) in [5, 5.41) is 0. The van der Waals surface area contributed by atoms with Crippen LogP contribution in [0, 0.1) is 6.92 Å². The van der Waals surface area contributed by atoms with Gasteiger partial charge in [0.1, 0.15) is 5.75 Å². The maximum absolute atomic E-state index is 11.2. The van der Waals surface area contributed by atoms with Gasteiger partial charge < -0.3 is 15.4 Å². The Hall–Kier alpha value is -1.71. The van der Waals surface area contributed by atoms with Gasteiger partial charge in [0.2, 0.25) is 0 Å². The number of rotatable bonds is 3. The number of nitrogens with two attached hydrogens (primary N) is 1. The quantitative estimate of drug-likeness (QED) is 0.755. The Kier molecular flexibility index (Phi) is 3.55. The summed E-state index contributed by atoms with van der Waals surface area (Å²) in [7, 11) is 3.38. The molecule has 1 rings (SSSR count). The fraction of sp³-hybridized carbons (Fsp3) is 0.364. The van der Waals surface area contributed by atoms with Crippen LogP contribution in [0.4, 0.5) is 5.69 Å². The fourth-order valence-corrected chi connectivity index (χ4v) is 0.983. The van der Waals surface area contributed by atoms with E-state index in [4.69, 9.17) is 10.5 Å². The summed E-state index contributed by atoms with van der Waals surface area (Å²) < 4.78 is 5.29. The summed E-state index contributed by atoms with van der Waals surface area (Å²) in [6, 6.07) is 5.39. The minimum atomic E-state index is -0.0749. The molecule has 0 heterocycles. The zero-order valence-electron chi connectivity index (χ0n) is 9.28. The van der Waals surface area contributed by atoms with Gasteiger partial charge in [0.15, 0.2) is 6.61 Å². The first-order chi connectivity index (χ1) is 7.00. The molecule has 0 unspecified atom stereocenters. The molecule has 0 aromatic heterocycles. The predicted molar refractivity (Wildman–Crippen MR) is 59.8 cm³/mol. The third kappa shape index (κ3) is 3.16. The number of aryl methyl sites for hydroxylation is 1. The Balaban J connectivity index is 2.58. The molecule has 0 radical (unpaired) electrons. The summed E-state index contributed by atoms with van der Waals surface area (Å²) in [6.07, 6.45) is 0. The van der Waals surface area contributed by atoms with Crippen molar-refractivity contribution in [2.75, 3.05) is 26.4 Å². The van der Waals surface area contributed by atoms with Crippen molar-refractivity contribution in [3.05, 3.63) is 23.8 Å². The molecule has 0 aliphatic carbocycles. The topological polar surface area (TPSA) is 55.6 Å². The van der Waals surface area contributed by atoms with E-state index >= 15 is 0 Å². The van der Waals surface area contributed by atoms with Crippen LogP contribution in [0.2, 0.25) is 0 Å². The van der Waals surface area contributed by atoms with Crippen LogP contribution in [0.25, 0.3) is 0 Å². The van der Waals surface area contributed by atoms with E-state index in [0.29, 0.717) is 11.4 Å². The van der Waals surface area contributed by atoms with Crippen LogP contribution >= 0.6 is 0 Å². The molecule has 4 nitrogen and oxygen atoms in total. The van der Waals surface area contributed by atoms with Crippen molar-refractivity contribution in [1.29, 1.82) is 0 Å². The van der Waals surface area contributed by atoms with Crippen molar-refractivity contribution in [3.8, 4) is 5.75 Å². The molecule has 0 atom stereocenters. The lowest BCUT2D eigenvalue weighted by Gasteiger charge is -2.11. The predicted octanol–water partition coefficient (Wildman–Crippen LogP) is 1.04. The second-order valence-corrected chi connectivity index (χ2v) is 3.60. The van der Waals surface area contributed by atoms with E-state index in [2.05, 4.69) is 0 Å². The molecular formula is C11H16N2O2. The summed E-state index contributed by atoms with van der Waals surface area (Å²) in [4.78, 5) is 12.7. The maximum atomic E-state index is 11.2. The number of anilines is 1. The maximum Gasteiger partial charge on any atom is 0.259 e. The number of likely N-dealkylation sites (N-methyl/N-ethyl adjacent to an activating group) is 1. The van der Waals surface area contributed by atoms with E-state index in [9.17, 15) is 4.79 Å². The van der Waals surface area contributed by atoms with Crippen molar-refractivity contribution < 1.29 is 9.53 Å². The lowest BCUT2D eigenvalue weighted by atomic mass is 10.2. The van der Waals surface area contributed by atoms with Crippen LogP contribution in [0.3, 0.4) is 0 Å². The highest BCUT2D eigenvalue weighted by molar-refractivity contribution is 5.77. The Labute approximate surface area is 89.6 Å². The molecule has 0 aliphatic heterocycles. The number of amides is 1. The number of benzene rings is 1. The first-order valence-electron chi connectivity index (χ1n) is 4.70. The average Bonchev–Trinajstić information content (AvgIpc) is 2.19. The Morgan fingerprint density at radius 1 is 1.47 bits per heavy atom. The number of nitrogen functional groups attached to an aromatic ring is 1. The van der Waals surface area contributed by atoms with Gasteiger partial charge in [0.05, 0.1) is 0 Å². The number of ether oxygens (including phenoxy) is 1. The summed E-state index contributed by atoms with van der Waals surface area (Å²) >= 11 is 0. The van der Waals surface area contributed by atoms with Gasteiger partial charge in [0, 0.05) is 25.8 Å². The third-order valence-electron chi connectivity index (χ3n) is 2.11. The van der Waals surface area contributed by atoms with Crippen LogP contribution in [-0.2, 0) is 4.79 Å². The van der Waals surface area contributed by atoms with E-state index in [1.54, 1.807) is 26.2 Å². The Bertz CT molecular complexity index is 362. The monoisotopic (exact) mass is 208 g/mol. The number of nitrogens with zero attached hydrogens (tertiary/aromatic N) is 1. The molecular weight excluding hydrogens is 192 g/mol. The van der Waals surface area contributed by atoms with Gasteiger partial charge in [-0.3, -0.25) is 4.79 Å². The molecule has 0 bridgehead atoms. The minimum Gasteiger partial charge on any atom is -0.484 e. The first-order valence-corrected chi connectivity index (χ1v) is 4.70. The van der Waals surface area contributed by atoms with Crippen molar-refractivity contribution in [2.24, 2.45) is 0 Å². The zero-order chi connectivity index (χ0) is 11.4. The highest BCUT2D eigenvalue weighted by Crippen LogP contribution is 2.18. The third-order valence-corrected chi connectivity index (χ3v) is 2.11. The molecule has 1 aromatic carbocycles. The smallest absolute Gasteiger partial charge is 0.259 e. The van der Waals surface area contributed by atoms with E-state index in [0.717, 1.165) is 5.56 Å². The summed E-state index contributed by atoms with van der Waals surface area (Å²) in [5.74, 6) is 0.544. The normalized spacial score (nSPS) is 9.80. The highest BCUT2D eigenvalue weighted by atomic mass is 16.5. The van der Waals surface area contributed by atoms with E-state index < -0.39 is 0 Å². The van der Waals surface area contributed by atoms with Crippen LogP contribution < -0.4 is 10.5 Å². The van der Waals surface area contributed by atoms with Crippen LogP contribution in [0.15, 0.2) is 18.2 Å². The number of hydrogen-bond acceptors (Lipinski definition) is 3. The summed E-state index contributed by atoms with van der Waals surface area (Å²) in [5.41, 5.74) is 7.38. The lowest BCUT2D eigenvalue weighted by Crippen LogP contribution is -2.27. The van der Waals surface area contributed by atoms with Gasteiger partial charge in [-0.05, 0) is 18.6 Å². The number of hydrogen-bond donors (Lipinski definition) is 1. The van der Waals surface area contributed by atoms with Crippen molar-refractivity contribution >= 4 is 11.6 Å². The van der Waals surface area contributed by atoms with Crippen LogP contribution in [-0.4, -0.2) is 31.5 Å². The average molecular weight is 208 g/mol. The molecule has 0 fully saturated rings. The molecule has 2 N–H and O–H groups in total. The minimum absolute atomic E-state index is 0.0372.